The highest BCUT2D eigenvalue weighted by Crippen LogP contribution is 2.29. The maximum Gasteiger partial charge on any atom is 0.284 e. The molecule has 1 aliphatic carbocycles. The Morgan fingerprint density at radius 1 is 1.43 bits per heavy atom. The summed E-state index contributed by atoms with van der Waals surface area (Å²) < 4.78 is 0.184. The summed E-state index contributed by atoms with van der Waals surface area (Å²) in [7, 11) is 0. The van der Waals surface area contributed by atoms with Crippen LogP contribution in [-0.4, -0.2) is 28.6 Å². The summed E-state index contributed by atoms with van der Waals surface area (Å²) in [4.78, 5) is 22.7. The number of hydrogen-bond acceptors (Lipinski definition) is 4. The van der Waals surface area contributed by atoms with Gasteiger partial charge in [-0.2, -0.15) is 0 Å². The van der Waals surface area contributed by atoms with Crippen molar-refractivity contribution in [3.63, 3.8) is 0 Å². The van der Waals surface area contributed by atoms with Crippen molar-refractivity contribution in [2.24, 2.45) is 5.92 Å². The molecule has 2 atom stereocenters. The summed E-state index contributed by atoms with van der Waals surface area (Å²) in [6.45, 7) is 0.0427. The fourth-order valence-corrected chi connectivity index (χ4v) is 3.29. The van der Waals surface area contributed by atoms with Gasteiger partial charge in [0.1, 0.15) is 4.47 Å². The third kappa shape index (κ3) is 3.59. The van der Waals surface area contributed by atoms with Crippen LogP contribution in [0.5, 0.6) is 0 Å². The highest BCUT2D eigenvalue weighted by atomic mass is 79.9. The lowest BCUT2D eigenvalue weighted by Gasteiger charge is -2.30. The fraction of sp³-hybridized carbons (Fsp3) is 0.500. The van der Waals surface area contributed by atoms with Crippen molar-refractivity contribution in [2.75, 3.05) is 6.61 Å². The maximum atomic E-state index is 12.3. The van der Waals surface area contributed by atoms with Gasteiger partial charge >= 0.3 is 0 Å². The number of nitro benzene ring substituents is 1. The van der Waals surface area contributed by atoms with Crippen LogP contribution in [-0.2, 0) is 0 Å². The molecule has 0 aromatic heterocycles. The second-order valence-corrected chi connectivity index (χ2v) is 6.00. The number of carbonyl (C=O) groups is 1. The predicted molar refractivity (Wildman–Crippen MR) is 81.1 cm³/mol. The van der Waals surface area contributed by atoms with E-state index in [2.05, 4.69) is 21.2 Å². The van der Waals surface area contributed by atoms with E-state index >= 15 is 0 Å². The first-order chi connectivity index (χ1) is 10.0. The molecule has 0 aliphatic heterocycles. The van der Waals surface area contributed by atoms with Crippen molar-refractivity contribution >= 4 is 27.5 Å². The molecule has 0 saturated heterocycles. The van der Waals surface area contributed by atoms with E-state index < -0.39 is 4.92 Å². The van der Waals surface area contributed by atoms with Crippen LogP contribution in [0.3, 0.4) is 0 Å². The Kier molecular flexibility index (Phi) is 5.30. The van der Waals surface area contributed by atoms with Gasteiger partial charge in [0.25, 0.3) is 11.6 Å². The minimum atomic E-state index is -0.530. The number of nitrogens with one attached hydrogen (secondary N) is 1. The molecule has 7 heteroatoms. The van der Waals surface area contributed by atoms with E-state index in [1.54, 1.807) is 6.07 Å². The smallest absolute Gasteiger partial charge is 0.284 e. The SMILES string of the molecule is O=C(NC1CCCCC1CO)c1cccc([N+](=O)[O-])c1Br. The normalized spacial score (nSPS) is 21.8. The summed E-state index contributed by atoms with van der Waals surface area (Å²) in [6.07, 6.45) is 3.77. The molecule has 0 bridgehead atoms. The van der Waals surface area contributed by atoms with Gasteiger partial charge < -0.3 is 10.4 Å². The lowest BCUT2D eigenvalue weighted by Crippen LogP contribution is -2.43. The maximum absolute atomic E-state index is 12.3. The van der Waals surface area contributed by atoms with Gasteiger partial charge in [-0.15, -0.1) is 0 Å². The zero-order valence-electron chi connectivity index (χ0n) is 11.4. The number of benzene rings is 1. The molecule has 2 unspecified atom stereocenters. The van der Waals surface area contributed by atoms with Gasteiger partial charge in [0, 0.05) is 24.6 Å². The number of nitrogens with zero attached hydrogens (tertiary/aromatic N) is 1. The molecular formula is C14H17BrN2O4. The van der Waals surface area contributed by atoms with Crippen LogP contribution in [0.25, 0.3) is 0 Å². The van der Waals surface area contributed by atoms with Gasteiger partial charge in [-0.1, -0.05) is 18.9 Å². The van der Waals surface area contributed by atoms with E-state index in [1.807, 2.05) is 0 Å². The Bertz CT molecular complexity index is 550. The first kappa shape index (κ1) is 15.9. The van der Waals surface area contributed by atoms with Crippen molar-refractivity contribution < 1.29 is 14.8 Å². The predicted octanol–water partition coefficient (Wildman–Crippen LogP) is 2.64. The van der Waals surface area contributed by atoms with Gasteiger partial charge in [-0.05, 0) is 34.8 Å². The fourth-order valence-electron chi connectivity index (χ4n) is 2.70. The Morgan fingerprint density at radius 3 is 2.81 bits per heavy atom. The van der Waals surface area contributed by atoms with E-state index in [1.165, 1.54) is 12.1 Å². The molecule has 1 aromatic carbocycles. The van der Waals surface area contributed by atoms with Gasteiger partial charge in [0.05, 0.1) is 10.5 Å². The molecule has 2 N–H and O–H groups in total. The second kappa shape index (κ2) is 7.00. The lowest BCUT2D eigenvalue weighted by molar-refractivity contribution is -0.385. The van der Waals surface area contributed by atoms with Gasteiger partial charge in [-0.25, -0.2) is 0 Å². The molecule has 2 rings (SSSR count). The average Bonchev–Trinajstić information content (AvgIpc) is 2.47. The van der Waals surface area contributed by atoms with Crippen LogP contribution in [0.1, 0.15) is 36.0 Å². The van der Waals surface area contributed by atoms with E-state index in [9.17, 15) is 20.0 Å². The van der Waals surface area contributed by atoms with Crippen LogP contribution < -0.4 is 5.32 Å². The van der Waals surface area contributed by atoms with E-state index in [0.717, 1.165) is 25.7 Å². The molecule has 1 aliphatic rings. The number of amides is 1. The van der Waals surface area contributed by atoms with Crippen LogP contribution in [0.2, 0.25) is 0 Å². The first-order valence-electron chi connectivity index (χ1n) is 6.89. The number of hydrogen-bond donors (Lipinski definition) is 2. The number of carbonyl (C=O) groups excluding carboxylic acids is 1. The topological polar surface area (TPSA) is 92.5 Å². The first-order valence-corrected chi connectivity index (χ1v) is 7.68. The number of rotatable bonds is 4. The zero-order valence-corrected chi connectivity index (χ0v) is 13.0. The Morgan fingerprint density at radius 2 is 2.14 bits per heavy atom. The molecule has 1 fully saturated rings. The summed E-state index contributed by atoms with van der Waals surface area (Å²) in [5.41, 5.74) is 0.108. The molecule has 1 aromatic rings. The minimum Gasteiger partial charge on any atom is -0.396 e. The minimum absolute atomic E-state index is 0.0427. The summed E-state index contributed by atoms with van der Waals surface area (Å²) >= 11 is 3.13. The Balaban J connectivity index is 2.17. The van der Waals surface area contributed by atoms with Crippen molar-refractivity contribution in [1.29, 1.82) is 0 Å². The molecule has 21 heavy (non-hydrogen) atoms. The Hall–Kier alpha value is -1.47. The summed E-state index contributed by atoms with van der Waals surface area (Å²) in [6, 6.07) is 4.30. The summed E-state index contributed by atoms with van der Waals surface area (Å²) in [5.74, 6) is -0.295. The largest absolute Gasteiger partial charge is 0.396 e. The van der Waals surface area contributed by atoms with E-state index in [4.69, 9.17) is 0 Å². The third-order valence-corrected chi connectivity index (χ3v) is 4.71. The standard InChI is InChI=1S/C14H17BrN2O4/c15-13-10(5-3-7-12(13)17(20)21)14(19)16-11-6-2-1-4-9(11)8-18/h3,5,7,9,11,18H,1-2,4,6,8H2,(H,16,19). The van der Waals surface area contributed by atoms with Crippen molar-refractivity contribution in [1.82, 2.24) is 5.32 Å². The molecule has 0 radical (unpaired) electrons. The molecule has 0 heterocycles. The molecule has 1 saturated carbocycles. The number of aliphatic hydroxyl groups is 1. The van der Waals surface area contributed by atoms with Crippen LogP contribution in [0, 0.1) is 16.0 Å². The van der Waals surface area contributed by atoms with Crippen molar-refractivity contribution in [3.8, 4) is 0 Å². The molecule has 114 valence electrons. The number of aliphatic hydroxyl groups excluding tert-OH is 1. The highest BCUT2D eigenvalue weighted by Gasteiger charge is 2.27. The zero-order chi connectivity index (χ0) is 15.4. The van der Waals surface area contributed by atoms with Gasteiger partial charge in [-0.3, -0.25) is 14.9 Å². The number of halogens is 1. The molecular weight excluding hydrogens is 340 g/mol. The van der Waals surface area contributed by atoms with Crippen molar-refractivity contribution in [3.05, 3.63) is 38.3 Å². The second-order valence-electron chi connectivity index (χ2n) is 5.20. The number of nitro groups is 1. The van der Waals surface area contributed by atoms with E-state index in [0.29, 0.717) is 0 Å². The van der Waals surface area contributed by atoms with Crippen LogP contribution in [0.4, 0.5) is 5.69 Å². The summed E-state index contributed by atoms with van der Waals surface area (Å²) in [5, 5.41) is 23.2. The Labute approximate surface area is 130 Å². The van der Waals surface area contributed by atoms with Gasteiger partial charge in [0.2, 0.25) is 0 Å². The average molecular weight is 357 g/mol. The molecule has 1 amide bonds. The van der Waals surface area contributed by atoms with Crippen LogP contribution >= 0.6 is 15.9 Å². The van der Waals surface area contributed by atoms with E-state index in [-0.39, 0.29) is 40.2 Å². The van der Waals surface area contributed by atoms with Gasteiger partial charge in [0.15, 0.2) is 0 Å². The highest BCUT2D eigenvalue weighted by molar-refractivity contribution is 9.10. The van der Waals surface area contributed by atoms with Crippen LogP contribution in [0.15, 0.2) is 22.7 Å². The molecule has 0 spiro atoms. The van der Waals surface area contributed by atoms with Crippen molar-refractivity contribution in [2.45, 2.75) is 31.7 Å². The quantitative estimate of drug-likeness (QED) is 0.640. The lowest BCUT2D eigenvalue weighted by atomic mass is 9.85. The monoisotopic (exact) mass is 356 g/mol. The molecule has 6 nitrogen and oxygen atoms in total. The third-order valence-electron chi connectivity index (χ3n) is 3.88.